The third kappa shape index (κ3) is 4.20. The lowest BCUT2D eigenvalue weighted by atomic mass is 10.0. The van der Waals surface area contributed by atoms with Crippen molar-refractivity contribution in [3.8, 4) is 0 Å². The Kier molecular flexibility index (Phi) is 5.69. The Morgan fingerprint density at radius 3 is 2.87 bits per heavy atom. The van der Waals surface area contributed by atoms with E-state index in [1.54, 1.807) is 0 Å². The maximum Gasteiger partial charge on any atom is 0.236 e. The van der Waals surface area contributed by atoms with Crippen LogP contribution in [0.5, 0.6) is 0 Å². The van der Waals surface area contributed by atoms with Crippen molar-refractivity contribution in [3.05, 3.63) is 0 Å². The molecule has 1 unspecified atom stereocenters. The highest BCUT2D eigenvalue weighted by Crippen LogP contribution is 2.20. The molecule has 1 amide bonds. The van der Waals surface area contributed by atoms with E-state index in [2.05, 4.69) is 19.2 Å². The molecule has 0 radical (unpaired) electrons. The first-order valence-corrected chi connectivity index (χ1v) is 6.26. The minimum atomic E-state index is 0.280. The summed E-state index contributed by atoms with van der Waals surface area (Å²) in [5.41, 5.74) is 0. The van der Waals surface area contributed by atoms with Crippen LogP contribution in [0.3, 0.4) is 0 Å². The average Bonchev–Trinajstić information content (AvgIpc) is 2.67. The molecule has 0 aromatic rings. The fourth-order valence-corrected chi connectivity index (χ4v) is 2.19. The van der Waals surface area contributed by atoms with Crippen molar-refractivity contribution in [1.29, 1.82) is 0 Å². The Balaban J connectivity index is 2.18. The van der Waals surface area contributed by atoms with Gasteiger partial charge in [-0.3, -0.25) is 4.79 Å². The van der Waals surface area contributed by atoms with Gasteiger partial charge in [-0.25, -0.2) is 0 Å². The molecule has 0 spiro atoms. The molecule has 0 aromatic carbocycles. The van der Waals surface area contributed by atoms with Crippen LogP contribution in [0.15, 0.2) is 0 Å². The first kappa shape index (κ1) is 12.5. The first-order valence-electron chi connectivity index (χ1n) is 6.26. The van der Waals surface area contributed by atoms with E-state index >= 15 is 0 Å². The largest absolute Gasteiger partial charge is 0.341 e. The van der Waals surface area contributed by atoms with Gasteiger partial charge in [0.1, 0.15) is 0 Å². The number of hydrogen-bond donors (Lipinski definition) is 1. The van der Waals surface area contributed by atoms with Crippen molar-refractivity contribution in [2.45, 2.75) is 39.5 Å². The van der Waals surface area contributed by atoms with Crippen LogP contribution in [-0.2, 0) is 4.79 Å². The molecule has 1 atom stereocenters. The molecule has 1 aliphatic rings. The first-order chi connectivity index (χ1) is 7.27. The highest BCUT2D eigenvalue weighted by molar-refractivity contribution is 5.78. The Bertz CT molecular complexity index is 194. The van der Waals surface area contributed by atoms with Gasteiger partial charge in [0.15, 0.2) is 0 Å². The van der Waals surface area contributed by atoms with Gasteiger partial charge in [-0.05, 0) is 31.7 Å². The van der Waals surface area contributed by atoms with Crippen molar-refractivity contribution in [2.75, 3.05) is 26.2 Å². The van der Waals surface area contributed by atoms with Crippen LogP contribution >= 0.6 is 0 Å². The maximum absolute atomic E-state index is 11.7. The minimum Gasteiger partial charge on any atom is -0.341 e. The van der Waals surface area contributed by atoms with E-state index in [-0.39, 0.29) is 5.91 Å². The van der Waals surface area contributed by atoms with E-state index in [1.807, 2.05) is 4.90 Å². The zero-order valence-corrected chi connectivity index (χ0v) is 10.1. The number of nitrogens with zero attached hydrogens (tertiary/aromatic N) is 1. The highest BCUT2D eigenvalue weighted by Gasteiger charge is 2.24. The molecule has 1 N–H and O–H groups in total. The van der Waals surface area contributed by atoms with Gasteiger partial charge in [0, 0.05) is 13.1 Å². The number of rotatable bonds is 6. The molecule has 0 bridgehead atoms. The lowest BCUT2D eigenvalue weighted by Crippen LogP contribution is -2.36. The normalized spacial score (nSPS) is 20.9. The van der Waals surface area contributed by atoms with Gasteiger partial charge in [0.25, 0.3) is 0 Å². The van der Waals surface area contributed by atoms with E-state index in [0.717, 1.165) is 32.0 Å². The summed E-state index contributed by atoms with van der Waals surface area (Å²) in [7, 11) is 0. The summed E-state index contributed by atoms with van der Waals surface area (Å²) in [6.45, 7) is 7.75. The standard InChI is InChI=1S/C12H24N2O/c1-3-5-11-6-8-14(10-11)12(15)9-13-7-4-2/h11,13H,3-10H2,1-2H3. The van der Waals surface area contributed by atoms with Crippen LogP contribution in [0.1, 0.15) is 39.5 Å². The Morgan fingerprint density at radius 2 is 2.20 bits per heavy atom. The number of amides is 1. The summed E-state index contributed by atoms with van der Waals surface area (Å²) >= 11 is 0. The molecule has 1 fully saturated rings. The quantitative estimate of drug-likeness (QED) is 0.679. The molecule has 1 heterocycles. The second-order valence-electron chi connectivity index (χ2n) is 4.46. The summed E-state index contributed by atoms with van der Waals surface area (Å²) in [6, 6.07) is 0. The second-order valence-corrected chi connectivity index (χ2v) is 4.46. The van der Waals surface area contributed by atoms with Crippen molar-refractivity contribution < 1.29 is 4.79 Å². The zero-order chi connectivity index (χ0) is 11.1. The molecule has 0 saturated carbocycles. The van der Waals surface area contributed by atoms with E-state index in [1.165, 1.54) is 19.3 Å². The summed E-state index contributed by atoms with van der Waals surface area (Å²) < 4.78 is 0. The molecule has 3 heteroatoms. The highest BCUT2D eigenvalue weighted by atomic mass is 16.2. The van der Waals surface area contributed by atoms with Crippen molar-refractivity contribution in [2.24, 2.45) is 5.92 Å². The molecule has 3 nitrogen and oxygen atoms in total. The smallest absolute Gasteiger partial charge is 0.236 e. The molecular weight excluding hydrogens is 188 g/mol. The Morgan fingerprint density at radius 1 is 1.40 bits per heavy atom. The monoisotopic (exact) mass is 212 g/mol. The predicted molar refractivity (Wildman–Crippen MR) is 62.8 cm³/mol. The fourth-order valence-electron chi connectivity index (χ4n) is 2.19. The van der Waals surface area contributed by atoms with E-state index in [0.29, 0.717) is 6.54 Å². The van der Waals surface area contributed by atoms with Crippen LogP contribution in [-0.4, -0.2) is 37.0 Å². The third-order valence-electron chi connectivity index (χ3n) is 3.04. The lowest BCUT2D eigenvalue weighted by molar-refractivity contribution is -0.129. The van der Waals surface area contributed by atoms with Gasteiger partial charge < -0.3 is 10.2 Å². The van der Waals surface area contributed by atoms with Crippen molar-refractivity contribution >= 4 is 5.91 Å². The fraction of sp³-hybridized carbons (Fsp3) is 0.917. The van der Waals surface area contributed by atoms with Crippen LogP contribution < -0.4 is 5.32 Å². The van der Waals surface area contributed by atoms with Gasteiger partial charge in [-0.1, -0.05) is 20.3 Å². The Labute approximate surface area is 93.2 Å². The molecule has 0 aromatic heterocycles. The summed E-state index contributed by atoms with van der Waals surface area (Å²) in [6.07, 6.45) is 4.80. The Hall–Kier alpha value is -0.570. The molecular formula is C12H24N2O. The van der Waals surface area contributed by atoms with E-state index in [9.17, 15) is 4.79 Å². The minimum absolute atomic E-state index is 0.280. The summed E-state index contributed by atoms with van der Waals surface area (Å²) in [4.78, 5) is 13.8. The lowest BCUT2D eigenvalue weighted by Gasteiger charge is -2.16. The third-order valence-corrected chi connectivity index (χ3v) is 3.04. The van der Waals surface area contributed by atoms with Gasteiger partial charge in [0.2, 0.25) is 5.91 Å². The molecule has 1 aliphatic heterocycles. The van der Waals surface area contributed by atoms with Crippen LogP contribution in [0.25, 0.3) is 0 Å². The number of hydrogen-bond acceptors (Lipinski definition) is 2. The van der Waals surface area contributed by atoms with Crippen molar-refractivity contribution in [3.63, 3.8) is 0 Å². The maximum atomic E-state index is 11.7. The number of likely N-dealkylation sites (tertiary alicyclic amines) is 1. The number of carbonyl (C=O) groups is 1. The summed E-state index contributed by atoms with van der Waals surface area (Å²) in [5, 5.41) is 3.17. The molecule has 0 aliphatic carbocycles. The number of carbonyl (C=O) groups excluding carboxylic acids is 1. The van der Waals surface area contributed by atoms with E-state index in [4.69, 9.17) is 0 Å². The predicted octanol–water partition coefficient (Wildman–Crippen LogP) is 1.63. The molecule has 15 heavy (non-hydrogen) atoms. The van der Waals surface area contributed by atoms with Gasteiger partial charge in [0.05, 0.1) is 6.54 Å². The topological polar surface area (TPSA) is 32.3 Å². The molecule has 88 valence electrons. The van der Waals surface area contributed by atoms with E-state index < -0.39 is 0 Å². The summed E-state index contributed by atoms with van der Waals surface area (Å²) in [5.74, 6) is 1.03. The van der Waals surface area contributed by atoms with Crippen LogP contribution in [0.2, 0.25) is 0 Å². The van der Waals surface area contributed by atoms with Crippen LogP contribution in [0.4, 0.5) is 0 Å². The van der Waals surface area contributed by atoms with Gasteiger partial charge in [-0.2, -0.15) is 0 Å². The number of nitrogens with one attached hydrogen (secondary N) is 1. The zero-order valence-electron chi connectivity index (χ0n) is 10.1. The molecule has 1 rings (SSSR count). The van der Waals surface area contributed by atoms with Crippen molar-refractivity contribution in [1.82, 2.24) is 10.2 Å². The molecule has 1 saturated heterocycles. The van der Waals surface area contributed by atoms with Gasteiger partial charge >= 0.3 is 0 Å². The average molecular weight is 212 g/mol. The van der Waals surface area contributed by atoms with Gasteiger partial charge in [-0.15, -0.1) is 0 Å². The van der Waals surface area contributed by atoms with Crippen LogP contribution in [0, 0.1) is 5.92 Å². The SMILES string of the molecule is CCCNCC(=O)N1CCC(CCC)C1. The second kappa shape index (κ2) is 6.83.